The summed E-state index contributed by atoms with van der Waals surface area (Å²) < 4.78 is 50.5. The second kappa shape index (κ2) is 7.38. The third-order valence-corrected chi connectivity index (χ3v) is 3.45. The molecule has 0 spiro atoms. The molecule has 1 heterocycles. The molecule has 3 rings (SSSR count). The zero-order valence-electron chi connectivity index (χ0n) is 13.4. The molecule has 1 aliphatic heterocycles. The Morgan fingerprint density at radius 3 is 2.58 bits per heavy atom. The number of ether oxygens (including phenoxy) is 3. The second-order valence-electron chi connectivity index (χ2n) is 5.36. The molecule has 2 aromatic carbocycles. The average Bonchev–Trinajstić information content (AvgIpc) is 3.05. The van der Waals surface area contributed by atoms with Crippen molar-refractivity contribution in [1.29, 1.82) is 0 Å². The van der Waals surface area contributed by atoms with Crippen LogP contribution in [0.5, 0.6) is 17.2 Å². The minimum atomic E-state index is -4.73. The summed E-state index contributed by atoms with van der Waals surface area (Å²) in [5.41, 5.74) is 1.42. The third kappa shape index (κ3) is 4.92. The van der Waals surface area contributed by atoms with Gasteiger partial charge in [0.1, 0.15) is 5.75 Å². The maximum Gasteiger partial charge on any atom is 0.573 e. The highest BCUT2D eigenvalue weighted by atomic mass is 19.4. The molecule has 2 aromatic rings. The first-order valence-corrected chi connectivity index (χ1v) is 7.59. The summed E-state index contributed by atoms with van der Waals surface area (Å²) in [7, 11) is 0. The number of carbonyl (C=O) groups is 1. The lowest BCUT2D eigenvalue weighted by Gasteiger charge is -2.09. The van der Waals surface area contributed by atoms with Crippen molar-refractivity contribution in [2.45, 2.75) is 12.9 Å². The third-order valence-electron chi connectivity index (χ3n) is 3.45. The van der Waals surface area contributed by atoms with Crippen LogP contribution in [0.15, 0.2) is 48.5 Å². The Bertz CT molecular complexity index is 816. The highest BCUT2D eigenvalue weighted by Gasteiger charge is 2.30. The molecular weight excluding hydrogens is 351 g/mol. The van der Waals surface area contributed by atoms with Crippen molar-refractivity contribution in [2.75, 3.05) is 6.79 Å². The lowest BCUT2D eigenvalue weighted by Crippen LogP contribution is -2.20. The first-order valence-electron chi connectivity index (χ1n) is 7.59. The summed E-state index contributed by atoms with van der Waals surface area (Å²) in [4.78, 5) is 11.9. The Morgan fingerprint density at radius 1 is 1.12 bits per heavy atom. The zero-order chi connectivity index (χ0) is 18.6. The van der Waals surface area contributed by atoms with Gasteiger partial charge in [-0.3, -0.25) is 4.79 Å². The first-order chi connectivity index (χ1) is 12.4. The highest BCUT2D eigenvalue weighted by Crippen LogP contribution is 2.32. The van der Waals surface area contributed by atoms with Gasteiger partial charge in [-0.15, -0.1) is 13.2 Å². The van der Waals surface area contributed by atoms with Gasteiger partial charge in [-0.05, 0) is 41.5 Å². The molecule has 26 heavy (non-hydrogen) atoms. The highest BCUT2D eigenvalue weighted by molar-refractivity contribution is 5.91. The SMILES string of the molecule is O=C(/C=C/c1ccc2c(c1)OCO2)NCc1ccc(OC(F)(F)F)cc1. The Morgan fingerprint density at radius 2 is 1.85 bits per heavy atom. The van der Waals surface area contributed by atoms with Crippen LogP contribution in [0.1, 0.15) is 11.1 Å². The topological polar surface area (TPSA) is 56.8 Å². The van der Waals surface area contributed by atoms with E-state index in [4.69, 9.17) is 9.47 Å². The fraction of sp³-hybridized carbons (Fsp3) is 0.167. The van der Waals surface area contributed by atoms with E-state index in [9.17, 15) is 18.0 Å². The predicted molar refractivity (Wildman–Crippen MR) is 86.6 cm³/mol. The normalized spacial score (nSPS) is 13.0. The first kappa shape index (κ1) is 17.7. The van der Waals surface area contributed by atoms with Gasteiger partial charge in [-0.25, -0.2) is 0 Å². The van der Waals surface area contributed by atoms with Crippen molar-refractivity contribution >= 4 is 12.0 Å². The molecule has 0 saturated carbocycles. The van der Waals surface area contributed by atoms with Crippen molar-refractivity contribution in [3.8, 4) is 17.2 Å². The number of hydrogen-bond donors (Lipinski definition) is 1. The van der Waals surface area contributed by atoms with Crippen LogP contribution in [0.3, 0.4) is 0 Å². The lowest BCUT2D eigenvalue weighted by molar-refractivity contribution is -0.274. The molecule has 0 saturated heterocycles. The molecule has 0 aromatic heterocycles. The largest absolute Gasteiger partial charge is 0.573 e. The van der Waals surface area contributed by atoms with E-state index in [-0.39, 0.29) is 25.0 Å². The number of amides is 1. The van der Waals surface area contributed by atoms with Crippen LogP contribution < -0.4 is 19.5 Å². The van der Waals surface area contributed by atoms with Crippen LogP contribution in [0.4, 0.5) is 13.2 Å². The van der Waals surface area contributed by atoms with Crippen LogP contribution >= 0.6 is 0 Å². The van der Waals surface area contributed by atoms with E-state index in [1.165, 1.54) is 30.3 Å². The molecule has 0 aliphatic carbocycles. The Labute approximate surface area is 147 Å². The molecule has 0 atom stereocenters. The summed E-state index contributed by atoms with van der Waals surface area (Å²) in [6.45, 7) is 0.354. The number of carbonyl (C=O) groups excluding carboxylic acids is 1. The van der Waals surface area contributed by atoms with Gasteiger partial charge in [-0.1, -0.05) is 18.2 Å². The minimum absolute atomic E-state index is 0.176. The molecule has 1 amide bonds. The number of fused-ring (bicyclic) bond motifs is 1. The van der Waals surface area contributed by atoms with Crippen LogP contribution in [0.2, 0.25) is 0 Å². The maximum atomic E-state index is 12.1. The van der Waals surface area contributed by atoms with Crippen molar-refractivity contribution in [1.82, 2.24) is 5.32 Å². The van der Waals surface area contributed by atoms with Crippen molar-refractivity contribution in [3.05, 3.63) is 59.7 Å². The Balaban J connectivity index is 1.51. The van der Waals surface area contributed by atoms with Crippen LogP contribution in [0, 0.1) is 0 Å². The smallest absolute Gasteiger partial charge is 0.454 e. The number of alkyl halides is 3. The minimum Gasteiger partial charge on any atom is -0.454 e. The quantitative estimate of drug-likeness (QED) is 0.822. The molecule has 8 heteroatoms. The van der Waals surface area contributed by atoms with E-state index in [1.54, 1.807) is 24.3 Å². The summed E-state index contributed by atoms with van der Waals surface area (Å²) in [5, 5.41) is 2.64. The van der Waals surface area contributed by atoms with E-state index in [0.717, 1.165) is 5.56 Å². The fourth-order valence-electron chi connectivity index (χ4n) is 2.25. The van der Waals surface area contributed by atoms with Gasteiger partial charge < -0.3 is 19.5 Å². The van der Waals surface area contributed by atoms with Crippen molar-refractivity contribution in [3.63, 3.8) is 0 Å². The summed E-state index contributed by atoms with van der Waals surface area (Å²) in [6.07, 6.45) is -1.74. The number of nitrogens with one attached hydrogen (secondary N) is 1. The van der Waals surface area contributed by atoms with Crippen LogP contribution in [-0.4, -0.2) is 19.1 Å². The molecule has 5 nitrogen and oxygen atoms in total. The van der Waals surface area contributed by atoms with Gasteiger partial charge in [0.15, 0.2) is 11.5 Å². The summed E-state index contributed by atoms with van der Waals surface area (Å²) in [6, 6.07) is 10.6. The van der Waals surface area contributed by atoms with Gasteiger partial charge in [0.25, 0.3) is 0 Å². The molecule has 0 radical (unpaired) electrons. The van der Waals surface area contributed by atoms with E-state index in [0.29, 0.717) is 17.1 Å². The lowest BCUT2D eigenvalue weighted by atomic mass is 10.2. The molecule has 1 aliphatic rings. The number of benzene rings is 2. The van der Waals surface area contributed by atoms with Gasteiger partial charge in [-0.2, -0.15) is 0 Å². The van der Waals surface area contributed by atoms with E-state index in [1.807, 2.05) is 0 Å². The van der Waals surface area contributed by atoms with Gasteiger partial charge in [0.2, 0.25) is 12.7 Å². The van der Waals surface area contributed by atoms with Crippen molar-refractivity contribution < 1.29 is 32.2 Å². The summed E-state index contributed by atoms with van der Waals surface area (Å²) >= 11 is 0. The second-order valence-corrected chi connectivity index (χ2v) is 5.36. The van der Waals surface area contributed by atoms with E-state index >= 15 is 0 Å². The van der Waals surface area contributed by atoms with E-state index in [2.05, 4.69) is 10.1 Å². The molecular formula is C18H14F3NO4. The average molecular weight is 365 g/mol. The monoisotopic (exact) mass is 365 g/mol. The molecule has 136 valence electrons. The fourth-order valence-corrected chi connectivity index (χ4v) is 2.25. The molecule has 0 unspecified atom stereocenters. The number of rotatable bonds is 5. The van der Waals surface area contributed by atoms with Gasteiger partial charge >= 0.3 is 6.36 Å². The maximum absolute atomic E-state index is 12.1. The van der Waals surface area contributed by atoms with E-state index < -0.39 is 6.36 Å². The van der Waals surface area contributed by atoms with Gasteiger partial charge in [0, 0.05) is 12.6 Å². The summed E-state index contributed by atoms with van der Waals surface area (Å²) in [5.74, 6) is 0.631. The number of hydrogen-bond acceptors (Lipinski definition) is 4. The Hall–Kier alpha value is -3.16. The predicted octanol–water partition coefficient (Wildman–Crippen LogP) is 3.64. The standard InChI is InChI=1S/C18H14F3NO4/c19-18(20,21)26-14-5-1-13(2-6-14)10-22-17(23)8-4-12-3-7-15-16(9-12)25-11-24-15/h1-9H,10-11H2,(H,22,23)/b8-4+. The van der Waals surface area contributed by atoms with Gasteiger partial charge in [0.05, 0.1) is 0 Å². The molecule has 0 fully saturated rings. The van der Waals surface area contributed by atoms with Crippen LogP contribution in [0.25, 0.3) is 6.08 Å². The molecule has 0 bridgehead atoms. The van der Waals surface area contributed by atoms with Crippen LogP contribution in [-0.2, 0) is 11.3 Å². The molecule has 1 N–H and O–H groups in total. The van der Waals surface area contributed by atoms with Crippen molar-refractivity contribution in [2.24, 2.45) is 0 Å². The zero-order valence-corrected chi connectivity index (χ0v) is 13.4. The number of halogens is 3. The Kier molecular flexibility index (Phi) is 5.01.